The second-order valence-corrected chi connectivity index (χ2v) is 6.54. The average Bonchev–Trinajstić information content (AvgIpc) is 2.95. The molecule has 2 aromatic heterocycles. The van der Waals surface area contributed by atoms with Gasteiger partial charge in [-0.05, 0) is 45.9 Å². The lowest BCUT2D eigenvalue weighted by Gasteiger charge is -2.14. The van der Waals surface area contributed by atoms with Crippen LogP contribution in [-0.4, -0.2) is 31.7 Å². The van der Waals surface area contributed by atoms with E-state index in [4.69, 9.17) is 5.73 Å². The molecule has 0 radical (unpaired) electrons. The molecule has 0 bridgehead atoms. The maximum Gasteiger partial charge on any atom is 0.254 e. The molecule has 140 valence electrons. The lowest BCUT2D eigenvalue weighted by atomic mass is 10.2. The fourth-order valence-electron chi connectivity index (χ4n) is 2.58. The molecular formula is C19H23N7O. The highest BCUT2D eigenvalue weighted by molar-refractivity contribution is 5.82. The summed E-state index contributed by atoms with van der Waals surface area (Å²) in [7, 11) is 0. The van der Waals surface area contributed by atoms with Crippen molar-refractivity contribution in [1.29, 1.82) is 0 Å². The van der Waals surface area contributed by atoms with Crippen LogP contribution in [0.15, 0.2) is 36.4 Å². The van der Waals surface area contributed by atoms with Crippen molar-refractivity contribution in [2.75, 3.05) is 10.6 Å². The van der Waals surface area contributed by atoms with Crippen molar-refractivity contribution >= 4 is 23.2 Å². The number of rotatable bonds is 6. The number of carbonyl (C=O) groups is 1. The molecule has 0 aliphatic rings. The molecule has 3 rings (SSSR count). The van der Waals surface area contributed by atoms with Crippen LogP contribution >= 0.6 is 0 Å². The number of hydrogen-bond donors (Lipinski definition) is 3. The Morgan fingerprint density at radius 3 is 2.33 bits per heavy atom. The number of aryl methyl sites for hydroxylation is 3. The van der Waals surface area contributed by atoms with Crippen LogP contribution in [0.5, 0.6) is 0 Å². The molecule has 1 atom stereocenters. The first-order chi connectivity index (χ1) is 12.8. The van der Waals surface area contributed by atoms with Gasteiger partial charge in [-0.15, -0.1) is 0 Å². The summed E-state index contributed by atoms with van der Waals surface area (Å²) in [5, 5.41) is 10.7. The van der Waals surface area contributed by atoms with Crippen molar-refractivity contribution in [2.45, 2.75) is 33.7 Å². The number of anilines is 3. The Morgan fingerprint density at radius 2 is 1.74 bits per heavy atom. The summed E-state index contributed by atoms with van der Waals surface area (Å²) in [4.78, 5) is 20.5. The molecule has 8 heteroatoms. The second kappa shape index (κ2) is 7.45. The first-order valence-electron chi connectivity index (χ1n) is 8.64. The number of hydrogen-bond acceptors (Lipinski definition) is 6. The molecule has 0 aliphatic heterocycles. The minimum absolute atomic E-state index is 0.400. The maximum absolute atomic E-state index is 11.4. The first kappa shape index (κ1) is 18.4. The van der Waals surface area contributed by atoms with Gasteiger partial charge in [0.05, 0.1) is 5.69 Å². The van der Waals surface area contributed by atoms with Gasteiger partial charge in [-0.1, -0.05) is 17.7 Å². The largest absolute Gasteiger partial charge is 0.368 e. The predicted molar refractivity (Wildman–Crippen MR) is 105 cm³/mol. The fourth-order valence-corrected chi connectivity index (χ4v) is 2.58. The van der Waals surface area contributed by atoms with Gasteiger partial charge in [0.25, 0.3) is 5.95 Å². The molecule has 0 aliphatic carbocycles. The highest BCUT2D eigenvalue weighted by atomic mass is 16.1. The molecule has 3 aromatic rings. The van der Waals surface area contributed by atoms with E-state index in [2.05, 4.69) is 25.7 Å². The minimum atomic E-state index is -0.569. The fraction of sp³-hybridized carbons (Fsp3) is 0.263. The van der Waals surface area contributed by atoms with E-state index in [9.17, 15) is 4.79 Å². The van der Waals surface area contributed by atoms with Crippen molar-refractivity contribution in [2.24, 2.45) is 5.73 Å². The van der Waals surface area contributed by atoms with Gasteiger partial charge in [0, 0.05) is 17.4 Å². The van der Waals surface area contributed by atoms with Crippen molar-refractivity contribution in [1.82, 2.24) is 19.7 Å². The van der Waals surface area contributed by atoms with Crippen molar-refractivity contribution in [3.05, 3.63) is 53.3 Å². The lowest BCUT2D eigenvalue weighted by Crippen LogP contribution is -2.33. The highest BCUT2D eigenvalue weighted by Gasteiger charge is 2.14. The molecule has 0 saturated heterocycles. The number of amides is 1. The van der Waals surface area contributed by atoms with Crippen molar-refractivity contribution < 1.29 is 4.79 Å². The Hall–Kier alpha value is -3.42. The van der Waals surface area contributed by atoms with Gasteiger partial charge in [-0.3, -0.25) is 4.79 Å². The standard InChI is InChI=1S/C19H23N7O/c1-11-5-7-15(8-6-11)22-17-10-16(21-14(4)18(20)27)23-19(24-17)26-13(3)9-12(2)25-26/h5-10,14H,1-4H3,(H2,20,27)(H2,21,22,23,24)/t14-/m1/s1. The monoisotopic (exact) mass is 365 g/mol. The van der Waals surface area contributed by atoms with Crippen molar-refractivity contribution in [3.63, 3.8) is 0 Å². The molecular weight excluding hydrogens is 342 g/mol. The number of nitrogens with one attached hydrogen (secondary N) is 2. The molecule has 8 nitrogen and oxygen atoms in total. The zero-order valence-electron chi connectivity index (χ0n) is 15.8. The molecule has 0 saturated carbocycles. The van der Waals surface area contributed by atoms with Crippen LogP contribution in [0.1, 0.15) is 23.9 Å². The van der Waals surface area contributed by atoms with Gasteiger partial charge in [0.15, 0.2) is 0 Å². The normalized spacial score (nSPS) is 11.9. The molecule has 27 heavy (non-hydrogen) atoms. The number of benzene rings is 1. The van der Waals surface area contributed by atoms with Crippen LogP contribution in [0, 0.1) is 20.8 Å². The molecule has 0 fully saturated rings. The van der Waals surface area contributed by atoms with E-state index in [1.54, 1.807) is 17.7 Å². The van der Waals surface area contributed by atoms with E-state index in [0.29, 0.717) is 17.6 Å². The number of primary amides is 1. The van der Waals surface area contributed by atoms with Gasteiger partial charge < -0.3 is 16.4 Å². The molecule has 2 heterocycles. The number of aromatic nitrogens is 4. The average molecular weight is 365 g/mol. The molecule has 0 unspecified atom stereocenters. The van der Waals surface area contributed by atoms with Crippen LogP contribution < -0.4 is 16.4 Å². The summed E-state index contributed by atoms with van der Waals surface area (Å²) in [6.07, 6.45) is 0. The van der Waals surface area contributed by atoms with E-state index in [1.165, 1.54) is 5.56 Å². The quantitative estimate of drug-likeness (QED) is 0.619. The Labute approximate surface area is 157 Å². The zero-order chi connectivity index (χ0) is 19.6. The molecule has 1 aromatic carbocycles. The summed E-state index contributed by atoms with van der Waals surface area (Å²) in [5.41, 5.74) is 9.20. The summed E-state index contributed by atoms with van der Waals surface area (Å²) in [5.74, 6) is 0.996. The van der Waals surface area contributed by atoms with Gasteiger partial charge in [-0.2, -0.15) is 15.1 Å². The van der Waals surface area contributed by atoms with Crippen LogP contribution in [0.25, 0.3) is 5.95 Å². The van der Waals surface area contributed by atoms with Gasteiger partial charge >= 0.3 is 0 Å². The van der Waals surface area contributed by atoms with Crippen LogP contribution in [0.3, 0.4) is 0 Å². The molecule has 4 N–H and O–H groups in total. The SMILES string of the molecule is Cc1ccc(Nc2cc(N[C@H](C)C(N)=O)nc(-n3nc(C)cc3C)n2)cc1. The molecule has 1 amide bonds. The zero-order valence-corrected chi connectivity index (χ0v) is 15.8. The first-order valence-corrected chi connectivity index (χ1v) is 8.64. The summed E-state index contributed by atoms with van der Waals surface area (Å²) in [6, 6.07) is 11.1. The van der Waals surface area contributed by atoms with Gasteiger partial charge in [-0.25, -0.2) is 4.68 Å². The summed E-state index contributed by atoms with van der Waals surface area (Å²) >= 11 is 0. The minimum Gasteiger partial charge on any atom is -0.368 e. The number of carbonyl (C=O) groups excluding carboxylic acids is 1. The summed E-state index contributed by atoms with van der Waals surface area (Å²) < 4.78 is 1.66. The van der Waals surface area contributed by atoms with E-state index >= 15 is 0 Å². The van der Waals surface area contributed by atoms with E-state index < -0.39 is 11.9 Å². The van der Waals surface area contributed by atoms with Gasteiger partial charge in [0.2, 0.25) is 5.91 Å². The Kier molecular flexibility index (Phi) is 5.07. The van der Waals surface area contributed by atoms with Crippen LogP contribution in [0.2, 0.25) is 0 Å². The Balaban J connectivity index is 2.00. The topological polar surface area (TPSA) is 111 Å². The summed E-state index contributed by atoms with van der Waals surface area (Å²) in [6.45, 7) is 7.55. The maximum atomic E-state index is 11.4. The third-order valence-corrected chi connectivity index (χ3v) is 4.03. The van der Waals surface area contributed by atoms with E-state index in [1.807, 2.05) is 51.1 Å². The molecule has 0 spiro atoms. The van der Waals surface area contributed by atoms with Crippen molar-refractivity contribution in [3.8, 4) is 5.95 Å². The third kappa shape index (κ3) is 4.41. The smallest absolute Gasteiger partial charge is 0.254 e. The van der Waals surface area contributed by atoms with E-state index in [0.717, 1.165) is 17.1 Å². The van der Waals surface area contributed by atoms with E-state index in [-0.39, 0.29) is 0 Å². The van der Waals surface area contributed by atoms with Crippen LogP contribution in [0.4, 0.5) is 17.3 Å². The Morgan fingerprint density at radius 1 is 1.07 bits per heavy atom. The lowest BCUT2D eigenvalue weighted by molar-refractivity contribution is -0.118. The number of nitrogens with two attached hydrogens (primary N) is 1. The second-order valence-electron chi connectivity index (χ2n) is 6.54. The third-order valence-electron chi connectivity index (χ3n) is 4.03. The van der Waals surface area contributed by atoms with Gasteiger partial charge in [0.1, 0.15) is 17.7 Å². The van der Waals surface area contributed by atoms with Crippen LogP contribution in [-0.2, 0) is 4.79 Å². The Bertz CT molecular complexity index is 963. The number of nitrogens with zero attached hydrogens (tertiary/aromatic N) is 4. The highest BCUT2D eigenvalue weighted by Crippen LogP contribution is 2.20. The predicted octanol–water partition coefficient (Wildman–Crippen LogP) is 2.62.